The molecule has 0 aliphatic rings. The summed E-state index contributed by atoms with van der Waals surface area (Å²) in [6, 6.07) is 2.77. The summed E-state index contributed by atoms with van der Waals surface area (Å²) in [7, 11) is 1.42. The maximum atomic E-state index is 12.9. The van der Waals surface area contributed by atoms with Gasteiger partial charge in [-0.3, -0.25) is 13.9 Å². The molecule has 3 rings (SSSR count). The summed E-state index contributed by atoms with van der Waals surface area (Å²) in [5, 5.41) is -0.470. The van der Waals surface area contributed by atoms with Crippen molar-refractivity contribution in [1.82, 2.24) is 19.1 Å². The Labute approximate surface area is 148 Å². The molecule has 11 heteroatoms. The number of H-pyrrole nitrogens is 1. The zero-order valence-electron chi connectivity index (χ0n) is 13.5. The van der Waals surface area contributed by atoms with Crippen LogP contribution >= 0.6 is 11.6 Å². The highest BCUT2D eigenvalue weighted by atomic mass is 35.5. The van der Waals surface area contributed by atoms with Crippen LogP contribution in [-0.2, 0) is 19.8 Å². The number of halogens is 4. The first kappa shape index (κ1) is 18.1. The van der Waals surface area contributed by atoms with Gasteiger partial charge in [-0.25, -0.2) is 4.79 Å². The molecule has 0 atom stereocenters. The molecule has 1 N–H and O–H groups in total. The molecule has 2 aromatic heterocycles. The van der Waals surface area contributed by atoms with E-state index in [-0.39, 0.29) is 29.5 Å². The van der Waals surface area contributed by atoms with Crippen LogP contribution in [0.5, 0.6) is 11.8 Å². The Bertz CT molecular complexity index is 1110. The van der Waals surface area contributed by atoms with Gasteiger partial charge in [-0.1, -0.05) is 11.6 Å². The van der Waals surface area contributed by atoms with E-state index in [2.05, 4.69) is 9.97 Å². The number of aryl methyl sites for hydroxylation is 1. The minimum absolute atomic E-state index is 0.00829. The Morgan fingerprint density at radius 2 is 2.00 bits per heavy atom. The summed E-state index contributed by atoms with van der Waals surface area (Å²) >= 11 is 5.56. The molecule has 2 heterocycles. The number of aromatic nitrogens is 4. The fourth-order valence-corrected chi connectivity index (χ4v) is 2.68. The van der Waals surface area contributed by atoms with Gasteiger partial charge in [0.2, 0.25) is 0 Å². The molecule has 0 radical (unpaired) electrons. The number of benzene rings is 1. The fourth-order valence-electron chi connectivity index (χ4n) is 2.45. The van der Waals surface area contributed by atoms with E-state index in [1.165, 1.54) is 13.1 Å². The van der Waals surface area contributed by atoms with Crippen molar-refractivity contribution in [1.29, 1.82) is 0 Å². The number of imidazole rings is 1. The third-order valence-electron chi connectivity index (χ3n) is 3.73. The van der Waals surface area contributed by atoms with Gasteiger partial charge >= 0.3 is 17.9 Å². The molecule has 0 saturated carbocycles. The topological polar surface area (TPSA) is 81.9 Å². The molecule has 3 aromatic rings. The maximum Gasteiger partial charge on any atom is 0.417 e. The summed E-state index contributed by atoms with van der Waals surface area (Å²) in [4.78, 5) is 30.9. The number of hydrogen-bond donors (Lipinski definition) is 1. The second-order valence-electron chi connectivity index (χ2n) is 5.37. The van der Waals surface area contributed by atoms with Gasteiger partial charge in [-0.15, -0.1) is 0 Å². The molecule has 0 saturated heterocycles. The van der Waals surface area contributed by atoms with Crippen LogP contribution in [0, 0.1) is 0 Å². The van der Waals surface area contributed by atoms with Crippen molar-refractivity contribution in [3.63, 3.8) is 0 Å². The summed E-state index contributed by atoms with van der Waals surface area (Å²) in [5.74, 6) is -0.179. The molecule has 0 aliphatic heterocycles. The number of alkyl halides is 3. The predicted molar refractivity (Wildman–Crippen MR) is 87.8 cm³/mol. The Morgan fingerprint density at radius 1 is 1.31 bits per heavy atom. The summed E-state index contributed by atoms with van der Waals surface area (Å²) in [6.07, 6.45) is -4.65. The van der Waals surface area contributed by atoms with E-state index in [4.69, 9.17) is 16.3 Å². The highest BCUT2D eigenvalue weighted by Crippen LogP contribution is 2.37. The molecule has 0 spiro atoms. The van der Waals surface area contributed by atoms with E-state index in [0.29, 0.717) is 0 Å². The summed E-state index contributed by atoms with van der Waals surface area (Å²) in [6.45, 7) is 1.79. The van der Waals surface area contributed by atoms with Crippen molar-refractivity contribution in [2.75, 3.05) is 0 Å². The number of hydrogen-bond acceptors (Lipinski definition) is 4. The van der Waals surface area contributed by atoms with Crippen molar-refractivity contribution in [3.05, 3.63) is 49.6 Å². The van der Waals surface area contributed by atoms with Crippen LogP contribution in [0.3, 0.4) is 0 Å². The Morgan fingerprint density at radius 3 is 2.62 bits per heavy atom. The van der Waals surface area contributed by atoms with Crippen LogP contribution in [0.1, 0.15) is 12.5 Å². The first-order chi connectivity index (χ1) is 12.1. The highest BCUT2D eigenvalue weighted by molar-refractivity contribution is 6.31. The van der Waals surface area contributed by atoms with Gasteiger partial charge in [0.1, 0.15) is 5.75 Å². The van der Waals surface area contributed by atoms with E-state index < -0.39 is 28.0 Å². The number of aromatic amines is 1. The third-order valence-corrected chi connectivity index (χ3v) is 4.06. The van der Waals surface area contributed by atoms with Crippen molar-refractivity contribution in [3.8, 4) is 11.8 Å². The number of fused-ring (bicyclic) bond motifs is 1. The van der Waals surface area contributed by atoms with Crippen LogP contribution in [0.4, 0.5) is 13.2 Å². The van der Waals surface area contributed by atoms with E-state index in [1.54, 1.807) is 6.92 Å². The molecule has 0 unspecified atom stereocenters. The van der Waals surface area contributed by atoms with Gasteiger partial charge in [0.25, 0.3) is 5.56 Å². The summed E-state index contributed by atoms with van der Waals surface area (Å²) < 4.78 is 46.2. The minimum atomic E-state index is -4.65. The zero-order valence-corrected chi connectivity index (χ0v) is 14.3. The smallest absolute Gasteiger partial charge is 0.417 e. The van der Waals surface area contributed by atoms with Crippen LogP contribution in [-0.4, -0.2) is 19.1 Å². The van der Waals surface area contributed by atoms with Crippen LogP contribution in [0.2, 0.25) is 5.02 Å². The van der Waals surface area contributed by atoms with Crippen LogP contribution < -0.4 is 16.0 Å². The number of nitrogens with zero attached hydrogens (tertiary/aromatic N) is 3. The zero-order chi connectivity index (χ0) is 19.2. The standard InChI is InChI=1S/C15H12ClF3N4O3/c1-3-23-12(24)10-11(22(2)14(23)25)21-13(20-10)26-7-4-5-9(16)8(6-7)15(17,18)19/h4-6H,3H2,1-2H3,(H,20,21). The highest BCUT2D eigenvalue weighted by Gasteiger charge is 2.33. The van der Waals surface area contributed by atoms with Gasteiger partial charge in [0.15, 0.2) is 11.2 Å². The second kappa shape index (κ2) is 6.20. The van der Waals surface area contributed by atoms with E-state index >= 15 is 0 Å². The SMILES string of the molecule is CCn1c(=O)c2[nH]c(Oc3ccc(Cl)c(C(F)(F)F)c3)nc2n(C)c1=O. The fraction of sp³-hybridized carbons (Fsp3) is 0.267. The number of rotatable bonds is 3. The van der Waals surface area contributed by atoms with Gasteiger partial charge in [0, 0.05) is 13.6 Å². The lowest BCUT2D eigenvalue weighted by atomic mass is 10.2. The Hall–Kier alpha value is -2.75. The lowest BCUT2D eigenvalue weighted by molar-refractivity contribution is -0.137. The molecule has 0 aliphatic carbocycles. The van der Waals surface area contributed by atoms with Crippen molar-refractivity contribution in [2.45, 2.75) is 19.6 Å². The molecular formula is C15H12ClF3N4O3. The molecule has 138 valence electrons. The molecule has 7 nitrogen and oxygen atoms in total. The normalized spacial score (nSPS) is 11.9. The minimum Gasteiger partial charge on any atom is -0.426 e. The van der Waals surface area contributed by atoms with Crippen molar-refractivity contribution in [2.24, 2.45) is 7.05 Å². The molecular weight excluding hydrogens is 377 g/mol. The largest absolute Gasteiger partial charge is 0.426 e. The van der Waals surface area contributed by atoms with Gasteiger partial charge < -0.3 is 9.72 Å². The first-order valence-electron chi connectivity index (χ1n) is 7.37. The maximum absolute atomic E-state index is 12.9. The summed E-state index contributed by atoms with van der Waals surface area (Å²) in [5.41, 5.74) is -2.18. The Balaban J connectivity index is 2.09. The molecule has 0 bridgehead atoms. The van der Waals surface area contributed by atoms with Gasteiger partial charge in [-0.05, 0) is 25.1 Å². The lowest BCUT2D eigenvalue weighted by Crippen LogP contribution is -2.38. The van der Waals surface area contributed by atoms with Crippen molar-refractivity contribution >= 4 is 22.8 Å². The average molecular weight is 389 g/mol. The predicted octanol–water partition coefficient (Wildman–Crippen LogP) is 2.91. The lowest BCUT2D eigenvalue weighted by Gasteiger charge is -2.10. The van der Waals surface area contributed by atoms with Crippen LogP contribution in [0.25, 0.3) is 11.2 Å². The van der Waals surface area contributed by atoms with Gasteiger partial charge in [-0.2, -0.15) is 18.2 Å². The number of ether oxygens (including phenoxy) is 1. The molecule has 0 amide bonds. The second-order valence-corrected chi connectivity index (χ2v) is 5.78. The average Bonchev–Trinajstić information content (AvgIpc) is 2.98. The van der Waals surface area contributed by atoms with E-state index in [9.17, 15) is 22.8 Å². The monoisotopic (exact) mass is 388 g/mol. The Kier molecular flexibility index (Phi) is 4.31. The van der Waals surface area contributed by atoms with E-state index in [1.807, 2.05) is 0 Å². The molecule has 0 fully saturated rings. The first-order valence-corrected chi connectivity index (χ1v) is 7.75. The quantitative estimate of drug-likeness (QED) is 0.748. The molecule has 26 heavy (non-hydrogen) atoms. The molecule has 1 aromatic carbocycles. The van der Waals surface area contributed by atoms with Gasteiger partial charge in [0.05, 0.1) is 10.6 Å². The van der Waals surface area contributed by atoms with Crippen LogP contribution in [0.15, 0.2) is 27.8 Å². The third kappa shape index (κ3) is 2.96. The number of nitrogens with one attached hydrogen (secondary N) is 1. The van der Waals surface area contributed by atoms with E-state index in [0.717, 1.165) is 21.3 Å². The van der Waals surface area contributed by atoms with Crippen molar-refractivity contribution < 1.29 is 17.9 Å².